The lowest BCUT2D eigenvalue weighted by Crippen LogP contribution is -2.24. The number of nitrogens with one attached hydrogen (secondary N) is 1. The van der Waals surface area contributed by atoms with E-state index in [9.17, 15) is 4.39 Å². The van der Waals surface area contributed by atoms with Crippen molar-refractivity contribution >= 4 is 11.5 Å². The standard InChI is InChI=1S/C25H31FN6O3/c1-17(21-13-19(26)3-4-23(21)35-12-11-33-2)29-24-5-8-31-25(30-24)22(15-28-31)18-14-27-32(16-18)20-6-9-34-10-7-20/h4-5,8,13-17,19-20H,3,6-7,9-12H2,1-2H3,(H,29,30). The molecule has 3 aromatic heterocycles. The highest BCUT2D eigenvalue weighted by Crippen LogP contribution is 2.29. The van der Waals surface area contributed by atoms with Gasteiger partial charge in [0, 0.05) is 55.8 Å². The topological polar surface area (TPSA) is 87.7 Å². The normalized spacial score (nSPS) is 19.9. The summed E-state index contributed by atoms with van der Waals surface area (Å²) in [6.45, 7) is 4.38. The van der Waals surface area contributed by atoms with E-state index >= 15 is 0 Å². The van der Waals surface area contributed by atoms with Crippen LogP contribution < -0.4 is 5.32 Å². The number of nitrogens with zero attached hydrogens (tertiary/aromatic N) is 5. The van der Waals surface area contributed by atoms with E-state index in [1.54, 1.807) is 23.8 Å². The maximum atomic E-state index is 14.2. The second-order valence-corrected chi connectivity index (χ2v) is 8.84. The molecule has 1 aliphatic carbocycles. The number of rotatable bonds is 9. The summed E-state index contributed by atoms with van der Waals surface area (Å²) in [5.41, 5.74) is 3.37. The van der Waals surface area contributed by atoms with Crippen LogP contribution in [0, 0.1) is 0 Å². The number of alkyl halides is 1. The Hall–Kier alpha value is -3.24. The minimum Gasteiger partial charge on any atom is -0.491 e. The number of hydrogen-bond acceptors (Lipinski definition) is 7. The van der Waals surface area contributed by atoms with Gasteiger partial charge in [0.2, 0.25) is 0 Å². The van der Waals surface area contributed by atoms with Gasteiger partial charge in [-0.2, -0.15) is 10.2 Å². The fourth-order valence-electron chi connectivity index (χ4n) is 4.50. The van der Waals surface area contributed by atoms with Crippen molar-refractivity contribution in [3.8, 4) is 11.1 Å². The van der Waals surface area contributed by atoms with Gasteiger partial charge < -0.3 is 19.5 Å². The number of methoxy groups -OCH3 is 1. The molecule has 3 aromatic rings. The van der Waals surface area contributed by atoms with E-state index in [4.69, 9.17) is 19.2 Å². The number of aromatic nitrogens is 5. The van der Waals surface area contributed by atoms with Crippen LogP contribution in [0.3, 0.4) is 0 Å². The molecule has 0 bridgehead atoms. The van der Waals surface area contributed by atoms with Gasteiger partial charge in [-0.3, -0.25) is 4.68 Å². The van der Waals surface area contributed by atoms with Crippen LogP contribution in [-0.4, -0.2) is 70.1 Å². The number of allylic oxidation sites excluding steroid dienone is 2. The maximum Gasteiger partial charge on any atom is 0.165 e. The summed E-state index contributed by atoms with van der Waals surface area (Å²) in [5.74, 6) is 1.35. The van der Waals surface area contributed by atoms with E-state index < -0.39 is 6.17 Å². The lowest BCUT2D eigenvalue weighted by molar-refractivity contribution is 0.0662. The van der Waals surface area contributed by atoms with E-state index in [-0.39, 0.29) is 6.04 Å². The highest BCUT2D eigenvalue weighted by molar-refractivity contribution is 5.77. The van der Waals surface area contributed by atoms with E-state index in [0.29, 0.717) is 37.3 Å². The predicted molar refractivity (Wildman–Crippen MR) is 130 cm³/mol. The third-order valence-corrected chi connectivity index (χ3v) is 6.40. The van der Waals surface area contributed by atoms with Crippen LogP contribution in [-0.2, 0) is 14.2 Å². The first-order chi connectivity index (χ1) is 17.1. The third kappa shape index (κ3) is 5.23. The predicted octanol–water partition coefficient (Wildman–Crippen LogP) is 3.96. The number of halogens is 1. The Morgan fingerprint density at radius 1 is 1.23 bits per heavy atom. The van der Waals surface area contributed by atoms with Crippen molar-refractivity contribution in [1.82, 2.24) is 24.4 Å². The molecule has 1 aliphatic heterocycles. The summed E-state index contributed by atoms with van der Waals surface area (Å²) < 4.78 is 34.3. The Bertz CT molecular complexity index is 1210. The molecule has 186 valence electrons. The van der Waals surface area contributed by atoms with Crippen LogP contribution in [0.2, 0.25) is 0 Å². The monoisotopic (exact) mass is 482 g/mol. The molecule has 2 atom stereocenters. The van der Waals surface area contributed by atoms with E-state index in [1.165, 1.54) is 0 Å². The van der Waals surface area contributed by atoms with Gasteiger partial charge in [-0.1, -0.05) is 0 Å². The minimum atomic E-state index is -1.03. The number of ether oxygens (including phenoxy) is 3. The first-order valence-electron chi connectivity index (χ1n) is 12.0. The van der Waals surface area contributed by atoms with Crippen molar-refractivity contribution in [2.75, 3.05) is 38.9 Å². The van der Waals surface area contributed by atoms with Crippen LogP contribution in [0.1, 0.15) is 32.2 Å². The molecule has 2 aliphatic rings. The number of anilines is 1. The Balaban J connectivity index is 1.35. The molecule has 9 nitrogen and oxygen atoms in total. The quantitative estimate of drug-likeness (QED) is 0.462. The smallest absolute Gasteiger partial charge is 0.165 e. The molecule has 10 heteroatoms. The fourth-order valence-corrected chi connectivity index (χ4v) is 4.50. The molecule has 35 heavy (non-hydrogen) atoms. The van der Waals surface area contributed by atoms with Crippen molar-refractivity contribution in [2.24, 2.45) is 0 Å². The van der Waals surface area contributed by atoms with Gasteiger partial charge in [0.25, 0.3) is 0 Å². The number of hydrogen-bond donors (Lipinski definition) is 1. The first-order valence-corrected chi connectivity index (χ1v) is 12.0. The summed E-state index contributed by atoms with van der Waals surface area (Å²) in [5, 5.41) is 12.4. The van der Waals surface area contributed by atoms with Gasteiger partial charge in [0.15, 0.2) is 5.65 Å². The molecule has 2 unspecified atom stereocenters. The first kappa shape index (κ1) is 23.5. The van der Waals surface area contributed by atoms with Crippen LogP contribution in [0.4, 0.5) is 10.2 Å². The van der Waals surface area contributed by atoms with Gasteiger partial charge >= 0.3 is 0 Å². The zero-order valence-electron chi connectivity index (χ0n) is 20.1. The fraction of sp³-hybridized carbons (Fsp3) is 0.480. The molecule has 5 rings (SSSR count). The van der Waals surface area contributed by atoms with Crippen LogP contribution >= 0.6 is 0 Å². The van der Waals surface area contributed by atoms with Gasteiger partial charge in [-0.15, -0.1) is 0 Å². The third-order valence-electron chi connectivity index (χ3n) is 6.40. The summed E-state index contributed by atoms with van der Waals surface area (Å²) in [6.07, 6.45) is 12.2. The SMILES string of the molecule is COCCOC1=CCC(F)C=C1C(C)Nc1ccn2ncc(-c3cnn(C4CCOCC4)c3)c2n1. The summed E-state index contributed by atoms with van der Waals surface area (Å²) in [4.78, 5) is 4.82. The van der Waals surface area contributed by atoms with Crippen molar-refractivity contribution in [1.29, 1.82) is 0 Å². The average molecular weight is 483 g/mol. The molecule has 0 radical (unpaired) electrons. The Morgan fingerprint density at radius 2 is 2.09 bits per heavy atom. The molecule has 1 N–H and O–H groups in total. The van der Waals surface area contributed by atoms with Crippen molar-refractivity contribution in [3.05, 3.63) is 54.3 Å². The van der Waals surface area contributed by atoms with Crippen molar-refractivity contribution in [3.63, 3.8) is 0 Å². The maximum absolute atomic E-state index is 14.2. The van der Waals surface area contributed by atoms with Gasteiger partial charge in [-0.05, 0) is 38.0 Å². The zero-order chi connectivity index (χ0) is 24.2. The van der Waals surface area contributed by atoms with Gasteiger partial charge in [0.05, 0.1) is 31.1 Å². The van der Waals surface area contributed by atoms with E-state index in [1.807, 2.05) is 36.3 Å². The largest absolute Gasteiger partial charge is 0.491 e. The molecule has 1 saturated heterocycles. The molecule has 4 heterocycles. The molecule has 1 fully saturated rings. The highest BCUT2D eigenvalue weighted by Gasteiger charge is 2.22. The van der Waals surface area contributed by atoms with Crippen molar-refractivity contribution < 1.29 is 18.6 Å². The van der Waals surface area contributed by atoms with Crippen LogP contribution in [0.15, 0.2) is 54.3 Å². The number of fused-ring (bicyclic) bond motifs is 1. The lowest BCUT2D eigenvalue weighted by atomic mass is 9.98. The van der Waals surface area contributed by atoms with Gasteiger partial charge in [0.1, 0.15) is 24.4 Å². The zero-order valence-corrected chi connectivity index (χ0v) is 20.1. The minimum absolute atomic E-state index is 0.208. The summed E-state index contributed by atoms with van der Waals surface area (Å²) in [6, 6.07) is 2.00. The second-order valence-electron chi connectivity index (χ2n) is 8.84. The van der Waals surface area contributed by atoms with Gasteiger partial charge in [-0.25, -0.2) is 13.9 Å². The average Bonchev–Trinajstić information content (AvgIpc) is 3.52. The summed E-state index contributed by atoms with van der Waals surface area (Å²) >= 11 is 0. The molecule has 0 saturated carbocycles. The van der Waals surface area contributed by atoms with Crippen LogP contribution in [0.25, 0.3) is 16.8 Å². The van der Waals surface area contributed by atoms with Crippen LogP contribution in [0.5, 0.6) is 0 Å². The van der Waals surface area contributed by atoms with Crippen molar-refractivity contribution in [2.45, 2.75) is 44.4 Å². The van der Waals surface area contributed by atoms with E-state index in [2.05, 4.69) is 21.7 Å². The molecule has 0 spiro atoms. The Kier molecular flexibility index (Phi) is 7.10. The summed E-state index contributed by atoms with van der Waals surface area (Å²) in [7, 11) is 1.62. The van der Waals surface area contributed by atoms with E-state index in [0.717, 1.165) is 48.4 Å². The lowest BCUT2D eigenvalue weighted by Gasteiger charge is -2.24. The molecule has 0 aromatic carbocycles. The highest BCUT2D eigenvalue weighted by atomic mass is 19.1. The molecular weight excluding hydrogens is 451 g/mol. The molecule has 0 amide bonds. The Labute approximate surface area is 203 Å². The second kappa shape index (κ2) is 10.6. The molecular formula is C25H31FN6O3. The Morgan fingerprint density at radius 3 is 2.91 bits per heavy atom.